The summed E-state index contributed by atoms with van der Waals surface area (Å²) < 4.78 is 8.66. The molecule has 1 nitrogen and oxygen atoms in total. The summed E-state index contributed by atoms with van der Waals surface area (Å²) in [5, 5.41) is 0. The molecule has 0 heterocycles. The topological polar surface area (TPSA) is 9.23 Å². The monoisotopic (exact) mass is 404 g/mol. The summed E-state index contributed by atoms with van der Waals surface area (Å²) in [4.78, 5) is 0. The number of hydrogen-bond acceptors (Lipinski definition) is 1. The van der Waals surface area contributed by atoms with Crippen molar-refractivity contribution in [1.29, 1.82) is 0 Å². The molecule has 0 aromatic heterocycles. The van der Waals surface area contributed by atoms with Crippen LogP contribution in [-0.2, 0) is 0 Å². The lowest BCUT2D eigenvalue weighted by molar-refractivity contribution is 0.476. The van der Waals surface area contributed by atoms with Crippen LogP contribution in [0.5, 0.6) is 11.5 Å². The summed E-state index contributed by atoms with van der Waals surface area (Å²) in [7, 11) is 0. The third-order valence-corrected chi connectivity index (χ3v) is 3.73. The Kier molecular flexibility index (Phi) is 4.05. The van der Waals surface area contributed by atoms with Crippen molar-refractivity contribution in [1.82, 2.24) is 0 Å². The molecule has 0 fully saturated rings. The lowest BCUT2D eigenvalue weighted by atomic mass is 10.3. The molecule has 0 saturated carbocycles. The highest BCUT2D eigenvalue weighted by Gasteiger charge is 2.06. The van der Waals surface area contributed by atoms with E-state index >= 15 is 0 Å². The molecular formula is C12H7Br3O. The lowest BCUT2D eigenvalue weighted by Crippen LogP contribution is -1.86. The summed E-state index contributed by atoms with van der Waals surface area (Å²) >= 11 is 10.3. The van der Waals surface area contributed by atoms with Crippen molar-refractivity contribution < 1.29 is 4.74 Å². The van der Waals surface area contributed by atoms with Crippen LogP contribution in [-0.4, -0.2) is 0 Å². The van der Waals surface area contributed by atoms with E-state index in [-0.39, 0.29) is 0 Å². The highest BCUT2D eigenvalue weighted by Crippen LogP contribution is 2.36. The molecule has 82 valence electrons. The molecule has 0 spiro atoms. The van der Waals surface area contributed by atoms with Gasteiger partial charge in [-0.05, 0) is 68.3 Å². The van der Waals surface area contributed by atoms with E-state index in [0.717, 1.165) is 24.9 Å². The Morgan fingerprint density at radius 1 is 0.750 bits per heavy atom. The maximum absolute atomic E-state index is 5.78. The molecular weight excluding hydrogens is 400 g/mol. The highest BCUT2D eigenvalue weighted by molar-refractivity contribution is 9.11. The van der Waals surface area contributed by atoms with Gasteiger partial charge in [-0.2, -0.15) is 0 Å². The van der Waals surface area contributed by atoms with Crippen molar-refractivity contribution >= 4 is 47.8 Å². The first-order chi connectivity index (χ1) is 7.66. The molecule has 0 radical (unpaired) electrons. The van der Waals surface area contributed by atoms with Crippen LogP contribution in [0.4, 0.5) is 0 Å². The molecule has 0 bridgehead atoms. The lowest BCUT2D eigenvalue weighted by Gasteiger charge is -2.09. The van der Waals surface area contributed by atoms with E-state index in [1.54, 1.807) is 0 Å². The number of rotatable bonds is 2. The van der Waals surface area contributed by atoms with Crippen molar-refractivity contribution in [2.24, 2.45) is 0 Å². The molecule has 2 rings (SSSR count). The van der Waals surface area contributed by atoms with Crippen LogP contribution in [0.1, 0.15) is 0 Å². The standard InChI is InChI=1S/C12H7Br3O/c13-8-4-6-9(7-5-8)16-12-10(14)2-1-3-11(12)15/h1-7H. The van der Waals surface area contributed by atoms with Crippen molar-refractivity contribution in [3.05, 3.63) is 55.9 Å². The fraction of sp³-hybridized carbons (Fsp3) is 0. The zero-order chi connectivity index (χ0) is 11.5. The zero-order valence-corrected chi connectivity index (χ0v) is 12.8. The van der Waals surface area contributed by atoms with Crippen LogP contribution in [0, 0.1) is 0 Å². The van der Waals surface area contributed by atoms with Crippen LogP contribution in [0.25, 0.3) is 0 Å². The molecule has 2 aromatic carbocycles. The van der Waals surface area contributed by atoms with Crippen LogP contribution in [0.15, 0.2) is 55.9 Å². The van der Waals surface area contributed by atoms with E-state index in [1.807, 2.05) is 42.5 Å². The fourth-order valence-electron chi connectivity index (χ4n) is 1.20. The minimum absolute atomic E-state index is 0.782. The summed E-state index contributed by atoms with van der Waals surface area (Å²) in [6.07, 6.45) is 0. The van der Waals surface area contributed by atoms with Gasteiger partial charge in [0.05, 0.1) is 8.95 Å². The molecule has 0 saturated heterocycles. The van der Waals surface area contributed by atoms with E-state index in [9.17, 15) is 0 Å². The summed E-state index contributed by atoms with van der Waals surface area (Å²) in [5.41, 5.74) is 0. The number of halogens is 3. The van der Waals surface area contributed by atoms with Crippen LogP contribution in [0.2, 0.25) is 0 Å². The largest absolute Gasteiger partial charge is 0.455 e. The van der Waals surface area contributed by atoms with Crippen molar-refractivity contribution in [2.75, 3.05) is 0 Å². The normalized spacial score (nSPS) is 10.2. The molecule has 16 heavy (non-hydrogen) atoms. The van der Waals surface area contributed by atoms with Gasteiger partial charge in [-0.25, -0.2) is 0 Å². The second-order valence-corrected chi connectivity index (χ2v) is 5.73. The first kappa shape index (κ1) is 12.1. The Morgan fingerprint density at radius 2 is 1.31 bits per heavy atom. The predicted octanol–water partition coefficient (Wildman–Crippen LogP) is 5.77. The molecule has 0 N–H and O–H groups in total. The second-order valence-electron chi connectivity index (χ2n) is 3.11. The maximum atomic E-state index is 5.78. The molecule has 0 aliphatic rings. The van der Waals surface area contributed by atoms with Gasteiger partial charge in [0, 0.05) is 4.47 Å². The molecule has 0 amide bonds. The smallest absolute Gasteiger partial charge is 0.155 e. The Labute approximate surface area is 119 Å². The number of ether oxygens (including phenoxy) is 1. The maximum Gasteiger partial charge on any atom is 0.155 e. The van der Waals surface area contributed by atoms with Gasteiger partial charge >= 0.3 is 0 Å². The fourth-order valence-corrected chi connectivity index (χ4v) is 2.63. The van der Waals surface area contributed by atoms with Crippen LogP contribution in [0.3, 0.4) is 0 Å². The Hall–Kier alpha value is -0.320. The Balaban J connectivity index is 2.30. The minimum Gasteiger partial charge on any atom is -0.455 e. The average Bonchev–Trinajstić information content (AvgIpc) is 2.26. The number of para-hydroxylation sites is 1. The van der Waals surface area contributed by atoms with Gasteiger partial charge in [-0.3, -0.25) is 0 Å². The summed E-state index contributed by atoms with van der Waals surface area (Å²) in [6.45, 7) is 0. The second kappa shape index (κ2) is 5.34. The molecule has 0 aliphatic heterocycles. The zero-order valence-electron chi connectivity index (χ0n) is 8.08. The number of hydrogen-bond donors (Lipinski definition) is 0. The predicted molar refractivity (Wildman–Crippen MR) is 76.1 cm³/mol. The van der Waals surface area contributed by atoms with Gasteiger partial charge in [-0.1, -0.05) is 22.0 Å². The molecule has 0 atom stereocenters. The van der Waals surface area contributed by atoms with Crippen LogP contribution < -0.4 is 4.74 Å². The summed E-state index contributed by atoms with van der Waals surface area (Å²) in [6, 6.07) is 13.5. The van der Waals surface area contributed by atoms with E-state index in [2.05, 4.69) is 47.8 Å². The quantitative estimate of drug-likeness (QED) is 0.615. The van der Waals surface area contributed by atoms with Gasteiger partial charge < -0.3 is 4.74 Å². The Morgan fingerprint density at radius 3 is 1.88 bits per heavy atom. The summed E-state index contributed by atoms with van der Waals surface area (Å²) in [5.74, 6) is 1.58. The highest BCUT2D eigenvalue weighted by atomic mass is 79.9. The SMILES string of the molecule is Brc1ccc(Oc2c(Br)cccc2Br)cc1. The van der Waals surface area contributed by atoms with E-state index < -0.39 is 0 Å². The number of benzene rings is 2. The third kappa shape index (κ3) is 2.87. The third-order valence-electron chi connectivity index (χ3n) is 1.95. The van der Waals surface area contributed by atoms with Crippen molar-refractivity contribution in [3.8, 4) is 11.5 Å². The van der Waals surface area contributed by atoms with Gasteiger partial charge in [0.1, 0.15) is 5.75 Å². The molecule has 0 aliphatic carbocycles. The average molecular weight is 407 g/mol. The van der Waals surface area contributed by atoms with E-state index in [1.165, 1.54) is 0 Å². The van der Waals surface area contributed by atoms with E-state index in [4.69, 9.17) is 4.74 Å². The molecule has 2 aromatic rings. The first-order valence-electron chi connectivity index (χ1n) is 4.54. The molecule has 4 heteroatoms. The van der Waals surface area contributed by atoms with Gasteiger partial charge in [-0.15, -0.1) is 0 Å². The van der Waals surface area contributed by atoms with Gasteiger partial charge in [0.2, 0.25) is 0 Å². The molecule has 0 unspecified atom stereocenters. The Bertz CT molecular complexity index is 474. The van der Waals surface area contributed by atoms with E-state index in [0.29, 0.717) is 0 Å². The first-order valence-corrected chi connectivity index (χ1v) is 6.92. The van der Waals surface area contributed by atoms with Gasteiger partial charge in [0.15, 0.2) is 5.75 Å². The van der Waals surface area contributed by atoms with Crippen LogP contribution >= 0.6 is 47.8 Å². The minimum atomic E-state index is 0.782. The van der Waals surface area contributed by atoms with Gasteiger partial charge in [0.25, 0.3) is 0 Å². The van der Waals surface area contributed by atoms with Crippen molar-refractivity contribution in [3.63, 3.8) is 0 Å². The van der Waals surface area contributed by atoms with Crippen molar-refractivity contribution in [2.45, 2.75) is 0 Å².